The number of carbonyl (C=O) groups is 3. The molecule has 10 nitrogen and oxygen atoms in total. The highest BCUT2D eigenvalue weighted by Crippen LogP contribution is 2.43. The van der Waals surface area contributed by atoms with Gasteiger partial charge in [-0.15, -0.1) is 0 Å². The van der Waals surface area contributed by atoms with Crippen molar-refractivity contribution >= 4 is 47.3 Å². The molecule has 2 unspecified atom stereocenters. The fourth-order valence-corrected chi connectivity index (χ4v) is 3.37. The van der Waals surface area contributed by atoms with Crippen molar-refractivity contribution in [2.24, 2.45) is 0 Å². The summed E-state index contributed by atoms with van der Waals surface area (Å²) >= 11 is 0. The molecule has 0 aromatic rings. The van der Waals surface area contributed by atoms with Crippen molar-refractivity contribution in [2.75, 3.05) is 38.4 Å². The van der Waals surface area contributed by atoms with E-state index in [0.29, 0.717) is 12.2 Å². The van der Waals surface area contributed by atoms with Crippen molar-refractivity contribution in [3.05, 3.63) is 0 Å². The Bertz CT molecular complexity index is 506. The molecule has 0 radical (unpaired) electrons. The van der Waals surface area contributed by atoms with E-state index in [0.717, 1.165) is 6.92 Å². The molecule has 2 atom stereocenters. The molecule has 0 aliphatic rings. The maximum Gasteiger partial charge on any atom is 0.472 e. The molecule has 0 aliphatic heterocycles. The molecule has 0 aromatic heterocycles. The van der Waals surface area contributed by atoms with Crippen molar-refractivity contribution in [3.63, 3.8) is 0 Å². The molecule has 26 heavy (non-hydrogen) atoms. The van der Waals surface area contributed by atoms with Gasteiger partial charge in [-0.2, -0.15) is 0 Å². The Labute approximate surface area is 160 Å². The van der Waals surface area contributed by atoms with Gasteiger partial charge < -0.3 is 19.7 Å². The van der Waals surface area contributed by atoms with Gasteiger partial charge in [0, 0.05) is 32.6 Å². The third-order valence-corrected chi connectivity index (χ3v) is 5.24. The lowest BCUT2D eigenvalue weighted by molar-refractivity contribution is -0.158. The van der Waals surface area contributed by atoms with Crippen LogP contribution in [0.25, 0.3) is 0 Å². The molecule has 0 bridgehead atoms. The average Bonchev–Trinajstić information content (AvgIpc) is 2.54. The Kier molecular flexibility index (Phi) is 13.9. The number of nitrogens with one attached hydrogen (secondary N) is 1. The smallest absolute Gasteiger partial charge is 0.462 e. The lowest BCUT2D eigenvalue weighted by Crippen LogP contribution is -2.29. The second-order valence-electron chi connectivity index (χ2n) is 4.72. The summed E-state index contributed by atoms with van der Waals surface area (Å²) < 4.78 is 30.6. The molecule has 0 aromatic carbocycles. The third-order valence-electron chi connectivity index (χ3n) is 2.44. The van der Waals surface area contributed by atoms with Crippen LogP contribution in [0.4, 0.5) is 0 Å². The number of amides is 1. The van der Waals surface area contributed by atoms with E-state index in [9.17, 15) is 23.8 Å². The number of esters is 2. The van der Waals surface area contributed by atoms with E-state index in [-0.39, 0.29) is 25.7 Å². The Morgan fingerprint density at radius 1 is 1.15 bits per heavy atom. The molecular formula is C13H24NO9PS2. The fraction of sp³-hybridized carbons (Fsp3) is 0.769. The minimum Gasteiger partial charge on any atom is -0.462 e. The molecule has 0 saturated heterocycles. The Morgan fingerprint density at radius 3 is 2.42 bits per heavy atom. The summed E-state index contributed by atoms with van der Waals surface area (Å²) in [6, 6.07) is 0. The molecular weight excluding hydrogens is 409 g/mol. The van der Waals surface area contributed by atoms with Crippen molar-refractivity contribution < 1.29 is 42.4 Å². The number of ether oxygens (including phenoxy) is 2. The molecule has 1 amide bonds. The summed E-state index contributed by atoms with van der Waals surface area (Å²) in [7, 11) is -1.30. The molecule has 0 rings (SSSR count). The van der Waals surface area contributed by atoms with Crippen LogP contribution in [0.15, 0.2) is 0 Å². The SMILES string of the molecule is CSSCCC(=O)NCCOP(=O)(O)OCC(COC(C)=O)OC(C)=O. The van der Waals surface area contributed by atoms with Gasteiger partial charge in [0.05, 0.1) is 13.2 Å². The topological polar surface area (TPSA) is 137 Å². The summed E-state index contributed by atoms with van der Waals surface area (Å²) in [5, 5.41) is 2.54. The lowest BCUT2D eigenvalue weighted by atomic mass is 10.4. The van der Waals surface area contributed by atoms with E-state index in [1.165, 1.54) is 6.92 Å². The Hall–Kier alpha value is -0.780. The number of phosphoric acid groups is 1. The molecule has 13 heteroatoms. The van der Waals surface area contributed by atoms with Crippen LogP contribution in [0.3, 0.4) is 0 Å². The maximum atomic E-state index is 11.7. The molecule has 0 spiro atoms. The van der Waals surface area contributed by atoms with Gasteiger partial charge in [0.2, 0.25) is 5.91 Å². The van der Waals surface area contributed by atoms with Gasteiger partial charge in [0.1, 0.15) is 6.61 Å². The van der Waals surface area contributed by atoms with Crippen LogP contribution in [-0.2, 0) is 37.5 Å². The van der Waals surface area contributed by atoms with Gasteiger partial charge >= 0.3 is 19.8 Å². The Morgan fingerprint density at radius 2 is 1.85 bits per heavy atom. The monoisotopic (exact) mass is 433 g/mol. The van der Waals surface area contributed by atoms with Crippen LogP contribution < -0.4 is 5.32 Å². The predicted molar refractivity (Wildman–Crippen MR) is 97.5 cm³/mol. The van der Waals surface area contributed by atoms with Crippen LogP contribution in [0.1, 0.15) is 20.3 Å². The molecule has 2 N–H and O–H groups in total. The highest BCUT2D eigenvalue weighted by atomic mass is 33.1. The third kappa shape index (κ3) is 15.5. The standard InChI is InChI=1S/C13H24NO9PS2/c1-10(15)20-8-12(23-11(2)16)9-22-24(18,19)21-6-5-14-13(17)4-7-26-25-3/h12H,4-9H2,1-3H3,(H,14,17)(H,18,19). The molecule has 0 fully saturated rings. The molecule has 0 aliphatic carbocycles. The van der Waals surface area contributed by atoms with Crippen molar-refractivity contribution in [2.45, 2.75) is 26.4 Å². The quantitative estimate of drug-likeness (QED) is 0.176. The predicted octanol–water partition coefficient (Wildman–Crippen LogP) is 1.13. The van der Waals surface area contributed by atoms with Crippen molar-refractivity contribution in [3.8, 4) is 0 Å². The second-order valence-corrected chi connectivity index (χ2v) is 8.86. The van der Waals surface area contributed by atoms with E-state index >= 15 is 0 Å². The van der Waals surface area contributed by atoms with Gasteiger partial charge in [-0.3, -0.25) is 23.4 Å². The molecule has 0 saturated carbocycles. The number of hydrogen-bond donors (Lipinski definition) is 2. The first-order valence-corrected chi connectivity index (χ1v) is 11.7. The number of phosphoric ester groups is 1. The first-order chi connectivity index (χ1) is 12.2. The van der Waals surface area contributed by atoms with Gasteiger partial charge in [-0.05, 0) is 6.26 Å². The first-order valence-electron chi connectivity index (χ1n) is 7.51. The average molecular weight is 433 g/mol. The van der Waals surface area contributed by atoms with Crippen LogP contribution in [0.5, 0.6) is 0 Å². The molecule has 152 valence electrons. The summed E-state index contributed by atoms with van der Waals surface area (Å²) in [6.07, 6.45) is 1.20. The van der Waals surface area contributed by atoms with E-state index in [1.54, 1.807) is 21.6 Å². The van der Waals surface area contributed by atoms with E-state index in [2.05, 4.69) is 10.1 Å². The number of carbonyl (C=O) groups excluding carboxylic acids is 3. The highest BCUT2D eigenvalue weighted by Gasteiger charge is 2.25. The molecule has 0 heterocycles. The van der Waals surface area contributed by atoms with E-state index in [4.69, 9.17) is 13.8 Å². The number of hydrogen-bond acceptors (Lipinski definition) is 10. The minimum absolute atomic E-state index is 0.0392. The van der Waals surface area contributed by atoms with Gasteiger partial charge in [0.15, 0.2) is 6.10 Å². The van der Waals surface area contributed by atoms with Crippen LogP contribution >= 0.6 is 29.4 Å². The summed E-state index contributed by atoms with van der Waals surface area (Å²) in [5.41, 5.74) is 0. The largest absolute Gasteiger partial charge is 0.472 e. The van der Waals surface area contributed by atoms with E-state index < -0.39 is 32.5 Å². The van der Waals surface area contributed by atoms with Gasteiger partial charge in [-0.25, -0.2) is 4.57 Å². The highest BCUT2D eigenvalue weighted by molar-refractivity contribution is 8.76. The summed E-state index contributed by atoms with van der Waals surface area (Å²) in [5.74, 6) is -0.797. The van der Waals surface area contributed by atoms with Crippen LogP contribution in [-0.4, -0.2) is 67.2 Å². The normalized spacial score (nSPS) is 14.2. The zero-order valence-electron chi connectivity index (χ0n) is 14.8. The first kappa shape index (κ1) is 25.2. The maximum absolute atomic E-state index is 11.7. The zero-order chi connectivity index (χ0) is 20.0. The minimum atomic E-state index is -4.41. The Balaban J connectivity index is 4.12. The summed E-state index contributed by atoms with van der Waals surface area (Å²) in [4.78, 5) is 42.7. The number of rotatable bonds is 14. The van der Waals surface area contributed by atoms with Crippen LogP contribution in [0, 0.1) is 0 Å². The van der Waals surface area contributed by atoms with Gasteiger partial charge in [0.25, 0.3) is 0 Å². The lowest BCUT2D eigenvalue weighted by Gasteiger charge is -2.18. The van der Waals surface area contributed by atoms with E-state index in [1.807, 2.05) is 6.26 Å². The second kappa shape index (κ2) is 14.3. The van der Waals surface area contributed by atoms with Crippen molar-refractivity contribution in [1.29, 1.82) is 0 Å². The van der Waals surface area contributed by atoms with Crippen molar-refractivity contribution in [1.82, 2.24) is 5.32 Å². The summed E-state index contributed by atoms with van der Waals surface area (Å²) in [6.45, 7) is 1.28. The van der Waals surface area contributed by atoms with Gasteiger partial charge in [-0.1, -0.05) is 21.6 Å². The fourth-order valence-electron chi connectivity index (χ4n) is 1.43. The van der Waals surface area contributed by atoms with Crippen LogP contribution in [0.2, 0.25) is 0 Å². The zero-order valence-corrected chi connectivity index (χ0v) is 17.3.